The molecule has 1 aliphatic heterocycles. The first-order valence-corrected chi connectivity index (χ1v) is 5.70. The van der Waals surface area contributed by atoms with Crippen molar-refractivity contribution in [3.05, 3.63) is 46.2 Å². The largest absolute Gasteiger partial charge is 0.307 e. The number of para-hydroxylation sites is 1. The Labute approximate surface area is 103 Å². The first-order chi connectivity index (χ1) is 8.31. The van der Waals surface area contributed by atoms with E-state index < -0.39 is 0 Å². The SMILES string of the molecule is O=Cc1c2c(nn1-c1ccccc1Cl)CNC2. The fourth-order valence-electron chi connectivity index (χ4n) is 2.08. The highest BCUT2D eigenvalue weighted by Crippen LogP contribution is 2.25. The van der Waals surface area contributed by atoms with Gasteiger partial charge >= 0.3 is 0 Å². The molecule has 1 aromatic carbocycles. The molecule has 1 aliphatic rings. The number of aldehydes is 1. The van der Waals surface area contributed by atoms with Gasteiger partial charge in [0.15, 0.2) is 6.29 Å². The highest BCUT2D eigenvalue weighted by Gasteiger charge is 2.22. The molecule has 17 heavy (non-hydrogen) atoms. The van der Waals surface area contributed by atoms with E-state index in [1.807, 2.05) is 18.2 Å². The summed E-state index contributed by atoms with van der Waals surface area (Å²) in [6.07, 6.45) is 0.835. The second-order valence-electron chi connectivity index (χ2n) is 3.90. The molecule has 86 valence electrons. The molecular formula is C12H10ClN3O. The average Bonchev–Trinajstić information content (AvgIpc) is 2.89. The number of nitrogens with one attached hydrogen (secondary N) is 1. The van der Waals surface area contributed by atoms with Crippen molar-refractivity contribution in [1.29, 1.82) is 0 Å². The molecule has 0 atom stereocenters. The van der Waals surface area contributed by atoms with E-state index in [-0.39, 0.29) is 0 Å². The summed E-state index contributed by atoms with van der Waals surface area (Å²) in [7, 11) is 0. The van der Waals surface area contributed by atoms with Gasteiger partial charge < -0.3 is 5.32 Å². The lowest BCUT2D eigenvalue weighted by Gasteiger charge is -2.06. The van der Waals surface area contributed by atoms with Gasteiger partial charge in [-0.15, -0.1) is 0 Å². The third kappa shape index (κ3) is 1.57. The van der Waals surface area contributed by atoms with E-state index in [0.29, 0.717) is 23.8 Å². The Morgan fingerprint density at radius 3 is 2.94 bits per heavy atom. The third-order valence-corrected chi connectivity index (χ3v) is 3.21. The van der Waals surface area contributed by atoms with E-state index in [0.717, 1.165) is 23.2 Å². The van der Waals surface area contributed by atoms with Gasteiger partial charge in [0.25, 0.3) is 0 Å². The normalized spacial score (nSPS) is 13.7. The minimum absolute atomic E-state index is 0.582. The van der Waals surface area contributed by atoms with Crippen molar-refractivity contribution in [3.8, 4) is 5.69 Å². The summed E-state index contributed by atoms with van der Waals surface area (Å²) in [6.45, 7) is 1.39. The second-order valence-corrected chi connectivity index (χ2v) is 4.30. The van der Waals surface area contributed by atoms with Crippen LogP contribution in [0.4, 0.5) is 0 Å². The maximum Gasteiger partial charge on any atom is 0.168 e. The first-order valence-electron chi connectivity index (χ1n) is 5.33. The monoisotopic (exact) mass is 247 g/mol. The van der Waals surface area contributed by atoms with Crippen molar-refractivity contribution in [2.45, 2.75) is 13.1 Å². The summed E-state index contributed by atoms with van der Waals surface area (Å²) in [4.78, 5) is 11.2. The van der Waals surface area contributed by atoms with Crippen molar-refractivity contribution < 1.29 is 4.79 Å². The molecular weight excluding hydrogens is 238 g/mol. The van der Waals surface area contributed by atoms with Crippen molar-refractivity contribution in [2.24, 2.45) is 0 Å². The van der Waals surface area contributed by atoms with Crippen LogP contribution < -0.4 is 5.32 Å². The van der Waals surface area contributed by atoms with E-state index in [4.69, 9.17) is 11.6 Å². The zero-order valence-corrected chi connectivity index (χ0v) is 9.74. The molecule has 0 fully saturated rings. The molecule has 2 aromatic rings. The number of halogens is 1. The highest BCUT2D eigenvalue weighted by atomic mass is 35.5. The van der Waals surface area contributed by atoms with Gasteiger partial charge in [-0.3, -0.25) is 4.79 Å². The number of hydrogen-bond donors (Lipinski definition) is 1. The fraction of sp³-hybridized carbons (Fsp3) is 0.167. The number of rotatable bonds is 2. The fourth-order valence-corrected chi connectivity index (χ4v) is 2.30. The number of carbonyl (C=O) groups is 1. The van der Waals surface area contributed by atoms with Gasteiger partial charge in [0.2, 0.25) is 0 Å². The lowest BCUT2D eigenvalue weighted by Crippen LogP contribution is -2.09. The number of carbonyl (C=O) groups excluding carboxylic acids is 1. The van der Waals surface area contributed by atoms with Crippen LogP contribution in [0.1, 0.15) is 21.7 Å². The minimum atomic E-state index is 0.582. The van der Waals surface area contributed by atoms with Crippen molar-refractivity contribution >= 4 is 17.9 Å². The first kappa shape index (κ1) is 10.5. The summed E-state index contributed by atoms with van der Waals surface area (Å²) in [5, 5.41) is 8.19. The quantitative estimate of drug-likeness (QED) is 0.825. The third-order valence-electron chi connectivity index (χ3n) is 2.89. The summed E-state index contributed by atoms with van der Waals surface area (Å²) in [6, 6.07) is 7.37. The molecule has 0 aliphatic carbocycles. The molecule has 0 spiro atoms. The van der Waals surface area contributed by atoms with Crippen LogP contribution in [0.5, 0.6) is 0 Å². The smallest absolute Gasteiger partial charge is 0.168 e. The topological polar surface area (TPSA) is 46.9 Å². The standard InChI is InChI=1S/C12H10ClN3O/c13-9-3-1-2-4-11(9)16-12(7-17)8-5-14-6-10(8)15-16/h1-4,7,14H,5-6H2. The lowest BCUT2D eigenvalue weighted by molar-refractivity contribution is 0.111. The summed E-state index contributed by atoms with van der Waals surface area (Å²) < 4.78 is 1.63. The summed E-state index contributed by atoms with van der Waals surface area (Å²) in [5.41, 5.74) is 3.22. The van der Waals surface area contributed by atoms with Gasteiger partial charge in [-0.2, -0.15) is 5.10 Å². The molecule has 0 saturated carbocycles. The Morgan fingerprint density at radius 2 is 2.18 bits per heavy atom. The number of hydrogen-bond acceptors (Lipinski definition) is 3. The zero-order chi connectivity index (χ0) is 11.8. The van der Waals surface area contributed by atoms with Crippen molar-refractivity contribution in [1.82, 2.24) is 15.1 Å². The molecule has 3 rings (SSSR count). The Hall–Kier alpha value is -1.65. The molecule has 2 heterocycles. The highest BCUT2D eigenvalue weighted by molar-refractivity contribution is 6.32. The zero-order valence-electron chi connectivity index (χ0n) is 8.98. The van der Waals surface area contributed by atoms with Gasteiger partial charge in [0, 0.05) is 18.7 Å². The molecule has 5 heteroatoms. The molecule has 1 N–H and O–H groups in total. The lowest BCUT2D eigenvalue weighted by atomic mass is 10.2. The van der Waals surface area contributed by atoms with Crippen LogP contribution in [0.3, 0.4) is 0 Å². The number of fused-ring (bicyclic) bond motifs is 1. The van der Waals surface area contributed by atoms with Crippen LogP contribution in [0.2, 0.25) is 5.02 Å². The van der Waals surface area contributed by atoms with Crippen molar-refractivity contribution in [3.63, 3.8) is 0 Å². The number of aromatic nitrogens is 2. The molecule has 1 aromatic heterocycles. The Bertz CT molecular complexity index is 591. The Morgan fingerprint density at radius 1 is 1.35 bits per heavy atom. The van der Waals surface area contributed by atoms with Crippen LogP contribution in [0.25, 0.3) is 5.69 Å². The molecule has 0 unspecified atom stereocenters. The maximum atomic E-state index is 11.2. The Balaban J connectivity index is 2.22. The van der Waals surface area contributed by atoms with Gasteiger partial charge in [-0.1, -0.05) is 23.7 Å². The Kier molecular flexibility index (Phi) is 2.46. The number of benzene rings is 1. The molecule has 0 saturated heterocycles. The second kappa shape index (κ2) is 3.98. The minimum Gasteiger partial charge on any atom is -0.307 e. The average molecular weight is 248 g/mol. The summed E-state index contributed by atoms with van der Waals surface area (Å²) in [5.74, 6) is 0. The van der Waals surface area contributed by atoms with Crippen LogP contribution in [-0.4, -0.2) is 16.1 Å². The maximum absolute atomic E-state index is 11.2. The van der Waals surface area contributed by atoms with E-state index in [1.165, 1.54) is 0 Å². The van der Waals surface area contributed by atoms with Crippen molar-refractivity contribution in [2.75, 3.05) is 0 Å². The van der Waals surface area contributed by atoms with Crippen LogP contribution in [-0.2, 0) is 13.1 Å². The van der Waals surface area contributed by atoms with E-state index in [9.17, 15) is 4.79 Å². The molecule has 0 amide bonds. The van der Waals surface area contributed by atoms with Gasteiger partial charge in [-0.25, -0.2) is 4.68 Å². The van der Waals surface area contributed by atoms with E-state index in [1.54, 1.807) is 10.7 Å². The molecule has 0 bridgehead atoms. The van der Waals surface area contributed by atoms with Gasteiger partial charge in [0.05, 0.1) is 16.4 Å². The van der Waals surface area contributed by atoms with Crippen LogP contribution >= 0.6 is 11.6 Å². The van der Waals surface area contributed by atoms with Crippen LogP contribution in [0.15, 0.2) is 24.3 Å². The molecule has 0 radical (unpaired) electrons. The number of nitrogens with zero attached hydrogens (tertiary/aromatic N) is 2. The summed E-state index contributed by atoms with van der Waals surface area (Å²) >= 11 is 6.12. The van der Waals surface area contributed by atoms with Gasteiger partial charge in [-0.05, 0) is 12.1 Å². The predicted octanol–water partition coefficient (Wildman–Crippen LogP) is 1.94. The van der Waals surface area contributed by atoms with E-state index >= 15 is 0 Å². The van der Waals surface area contributed by atoms with Gasteiger partial charge in [0.1, 0.15) is 5.69 Å². The molecule has 4 nitrogen and oxygen atoms in total. The predicted molar refractivity (Wildman–Crippen MR) is 64.5 cm³/mol. The van der Waals surface area contributed by atoms with Crippen LogP contribution in [0, 0.1) is 0 Å². The van der Waals surface area contributed by atoms with E-state index in [2.05, 4.69) is 10.4 Å².